The molecule has 1 fully saturated rings. The lowest BCUT2D eigenvalue weighted by atomic mass is 9.85. The molecule has 6 heteroatoms. The number of nitrogens with one attached hydrogen (secondary N) is 1. The van der Waals surface area contributed by atoms with Crippen molar-refractivity contribution in [2.24, 2.45) is 5.92 Å². The maximum atomic E-state index is 12.0. The summed E-state index contributed by atoms with van der Waals surface area (Å²) >= 11 is 1.32. The van der Waals surface area contributed by atoms with Crippen molar-refractivity contribution in [1.82, 2.24) is 15.1 Å². The Morgan fingerprint density at radius 1 is 1.53 bits per heavy atom. The zero-order valence-corrected chi connectivity index (χ0v) is 11.1. The summed E-state index contributed by atoms with van der Waals surface area (Å²) in [6.45, 7) is 3.63. The zero-order chi connectivity index (χ0) is 12.3. The largest absolute Gasteiger partial charge is 0.360 e. The summed E-state index contributed by atoms with van der Waals surface area (Å²) in [6.07, 6.45) is 3.79. The molecule has 0 unspecified atom stereocenters. The summed E-state index contributed by atoms with van der Waals surface area (Å²) in [4.78, 5) is 13.8. The Kier molecular flexibility index (Phi) is 3.93. The van der Waals surface area contributed by atoms with Crippen molar-refractivity contribution >= 4 is 22.4 Å². The number of hydrogen-bond acceptors (Lipinski definition) is 5. The molecule has 1 amide bonds. The summed E-state index contributed by atoms with van der Waals surface area (Å²) in [6, 6.07) is 0. The van der Waals surface area contributed by atoms with Gasteiger partial charge < -0.3 is 10.2 Å². The van der Waals surface area contributed by atoms with Gasteiger partial charge in [0.15, 0.2) is 0 Å². The highest BCUT2D eigenvalue weighted by molar-refractivity contribution is 7.17. The fourth-order valence-corrected chi connectivity index (χ4v) is 2.65. The molecule has 0 bridgehead atoms. The minimum absolute atomic E-state index is 0.0152. The van der Waals surface area contributed by atoms with Crippen LogP contribution in [-0.4, -0.2) is 41.1 Å². The molecule has 1 aliphatic carbocycles. The average Bonchev–Trinajstić information content (AvgIpc) is 2.71. The van der Waals surface area contributed by atoms with Gasteiger partial charge in [-0.05, 0) is 25.7 Å². The minimum atomic E-state index is -0.0152. The van der Waals surface area contributed by atoms with E-state index in [1.807, 2.05) is 14.0 Å². The maximum Gasteiger partial charge on any atom is 0.284 e. The van der Waals surface area contributed by atoms with Gasteiger partial charge in [0.1, 0.15) is 0 Å². The number of aromatic nitrogens is 2. The molecule has 1 N–H and O–H groups in total. The first-order chi connectivity index (χ1) is 8.20. The quantitative estimate of drug-likeness (QED) is 0.871. The molecular weight excluding hydrogens is 236 g/mol. The standard InChI is InChI=1S/C11H18N4OS/c1-3-12-11-14-13-9(17-11)10(16)15(2)7-8-5-4-6-8/h8H,3-7H2,1-2H3,(H,12,14). The SMILES string of the molecule is CCNc1nnc(C(=O)N(C)CC2CCC2)s1. The molecule has 0 aliphatic heterocycles. The van der Waals surface area contributed by atoms with Crippen molar-refractivity contribution in [3.8, 4) is 0 Å². The summed E-state index contributed by atoms with van der Waals surface area (Å²) < 4.78 is 0. The number of carbonyl (C=O) groups excluding carboxylic acids is 1. The Balaban J connectivity index is 1.92. The van der Waals surface area contributed by atoms with Gasteiger partial charge in [-0.15, -0.1) is 10.2 Å². The second kappa shape index (κ2) is 5.44. The van der Waals surface area contributed by atoms with Crippen molar-refractivity contribution in [3.63, 3.8) is 0 Å². The van der Waals surface area contributed by atoms with Crippen LogP contribution < -0.4 is 5.32 Å². The zero-order valence-electron chi connectivity index (χ0n) is 10.3. The number of amides is 1. The van der Waals surface area contributed by atoms with Crippen molar-refractivity contribution in [2.75, 3.05) is 25.5 Å². The van der Waals surface area contributed by atoms with Gasteiger partial charge in [0.25, 0.3) is 5.91 Å². The number of anilines is 1. The molecule has 0 aromatic carbocycles. The lowest BCUT2D eigenvalue weighted by molar-refractivity contribution is 0.0744. The molecule has 1 saturated carbocycles. The van der Waals surface area contributed by atoms with Gasteiger partial charge in [0, 0.05) is 20.1 Å². The molecule has 17 heavy (non-hydrogen) atoms. The second-order valence-electron chi connectivity index (χ2n) is 4.43. The molecule has 1 aromatic rings. The summed E-state index contributed by atoms with van der Waals surface area (Å²) in [7, 11) is 1.84. The van der Waals surface area contributed by atoms with Gasteiger partial charge >= 0.3 is 0 Å². The van der Waals surface area contributed by atoms with E-state index in [0.29, 0.717) is 16.1 Å². The topological polar surface area (TPSA) is 58.1 Å². The highest BCUT2D eigenvalue weighted by atomic mass is 32.1. The van der Waals surface area contributed by atoms with Gasteiger partial charge in [-0.2, -0.15) is 0 Å². The van der Waals surface area contributed by atoms with E-state index in [1.54, 1.807) is 4.90 Å². The molecule has 1 heterocycles. The number of rotatable bonds is 5. The van der Waals surface area contributed by atoms with Gasteiger partial charge in [-0.25, -0.2) is 0 Å². The predicted molar refractivity (Wildman–Crippen MR) is 68.4 cm³/mol. The van der Waals surface area contributed by atoms with Crippen LogP contribution in [0.4, 0.5) is 5.13 Å². The third kappa shape index (κ3) is 2.94. The molecule has 0 saturated heterocycles. The first-order valence-corrected chi connectivity index (χ1v) is 6.85. The van der Waals surface area contributed by atoms with E-state index in [2.05, 4.69) is 15.5 Å². The number of hydrogen-bond donors (Lipinski definition) is 1. The Labute approximate surface area is 105 Å². The molecule has 1 aliphatic rings. The summed E-state index contributed by atoms with van der Waals surface area (Å²) in [5.74, 6) is 0.670. The van der Waals surface area contributed by atoms with Crippen LogP contribution in [0.3, 0.4) is 0 Å². The van der Waals surface area contributed by atoms with Gasteiger partial charge in [-0.1, -0.05) is 17.8 Å². The van der Waals surface area contributed by atoms with E-state index in [0.717, 1.165) is 13.1 Å². The lowest BCUT2D eigenvalue weighted by Crippen LogP contribution is -2.34. The highest BCUT2D eigenvalue weighted by Crippen LogP contribution is 2.27. The minimum Gasteiger partial charge on any atom is -0.360 e. The molecule has 1 aromatic heterocycles. The predicted octanol–water partition coefficient (Wildman–Crippen LogP) is 1.84. The monoisotopic (exact) mass is 254 g/mol. The van der Waals surface area contributed by atoms with Gasteiger partial charge in [0.05, 0.1) is 0 Å². The highest BCUT2D eigenvalue weighted by Gasteiger charge is 2.23. The van der Waals surface area contributed by atoms with Crippen molar-refractivity contribution in [1.29, 1.82) is 0 Å². The van der Waals surface area contributed by atoms with E-state index in [1.165, 1.54) is 30.6 Å². The van der Waals surface area contributed by atoms with Crippen LogP contribution in [0, 0.1) is 5.92 Å². The summed E-state index contributed by atoms with van der Waals surface area (Å²) in [5.41, 5.74) is 0. The third-order valence-corrected chi connectivity index (χ3v) is 3.91. The average molecular weight is 254 g/mol. The van der Waals surface area contributed by atoms with Crippen LogP contribution >= 0.6 is 11.3 Å². The van der Waals surface area contributed by atoms with Crippen LogP contribution in [0.5, 0.6) is 0 Å². The van der Waals surface area contributed by atoms with E-state index in [4.69, 9.17) is 0 Å². The number of nitrogens with zero attached hydrogens (tertiary/aromatic N) is 3. The number of carbonyl (C=O) groups is 1. The van der Waals surface area contributed by atoms with Crippen LogP contribution in [-0.2, 0) is 0 Å². The molecule has 5 nitrogen and oxygen atoms in total. The summed E-state index contributed by atoms with van der Waals surface area (Å²) in [5, 5.41) is 12.1. The third-order valence-electron chi connectivity index (χ3n) is 3.04. The van der Waals surface area contributed by atoms with Gasteiger partial charge in [0.2, 0.25) is 10.1 Å². The fourth-order valence-electron chi connectivity index (χ4n) is 1.84. The van der Waals surface area contributed by atoms with Crippen LogP contribution in [0.1, 0.15) is 36.0 Å². The molecule has 0 radical (unpaired) electrons. The van der Waals surface area contributed by atoms with Crippen molar-refractivity contribution < 1.29 is 4.79 Å². The lowest BCUT2D eigenvalue weighted by Gasteiger charge is -2.29. The fraction of sp³-hybridized carbons (Fsp3) is 0.727. The molecular formula is C11H18N4OS. The van der Waals surface area contributed by atoms with E-state index >= 15 is 0 Å². The van der Waals surface area contributed by atoms with Crippen molar-refractivity contribution in [2.45, 2.75) is 26.2 Å². The van der Waals surface area contributed by atoms with E-state index in [9.17, 15) is 4.79 Å². The Morgan fingerprint density at radius 3 is 2.88 bits per heavy atom. The first-order valence-electron chi connectivity index (χ1n) is 6.03. The van der Waals surface area contributed by atoms with Gasteiger partial charge in [-0.3, -0.25) is 4.79 Å². The Hall–Kier alpha value is -1.17. The first kappa shape index (κ1) is 12.3. The smallest absolute Gasteiger partial charge is 0.284 e. The van der Waals surface area contributed by atoms with Crippen LogP contribution in [0.2, 0.25) is 0 Å². The van der Waals surface area contributed by atoms with Crippen LogP contribution in [0.15, 0.2) is 0 Å². The van der Waals surface area contributed by atoms with E-state index in [-0.39, 0.29) is 5.91 Å². The Bertz CT molecular complexity index is 389. The van der Waals surface area contributed by atoms with Crippen LogP contribution in [0.25, 0.3) is 0 Å². The molecule has 94 valence electrons. The molecule has 0 atom stereocenters. The van der Waals surface area contributed by atoms with E-state index < -0.39 is 0 Å². The van der Waals surface area contributed by atoms with Crippen molar-refractivity contribution in [3.05, 3.63) is 5.01 Å². The maximum absolute atomic E-state index is 12.0. The second-order valence-corrected chi connectivity index (χ2v) is 5.40. The molecule has 0 spiro atoms. The Morgan fingerprint density at radius 2 is 2.29 bits per heavy atom. The molecule has 2 rings (SSSR count). The normalized spacial score (nSPS) is 15.4.